The van der Waals surface area contributed by atoms with Crippen LogP contribution >= 0.6 is 0 Å². The maximum Gasteiger partial charge on any atom is 0.222 e. The van der Waals surface area contributed by atoms with Crippen LogP contribution in [0.2, 0.25) is 0 Å². The molecule has 0 radical (unpaired) electrons. The third kappa shape index (κ3) is 3.93. The van der Waals surface area contributed by atoms with Crippen LogP contribution in [-0.4, -0.2) is 28.9 Å². The molecule has 3 heteroatoms. The van der Waals surface area contributed by atoms with Gasteiger partial charge in [0.05, 0.1) is 11.2 Å². The number of hydrogen-bond acceptors (Lipinski definition) is 2. The lowest BCUT2D eigenvalue weighted by atomic mass is 10.0. The lowest BCUT2D eigenvalue weighted by molar-refractivity contribution is -0.131. The van der Waals surface area contributed by atoms with Gasteiger partial charge in [-0.2, -0.15) is 0 Å². The van der Waals surface area contributed by atoms with Gasteiger partial charge in [-0.25, -0.2) is 4.98 Å². The van der Waals surface area contributed by atoms with E-state index in [9.17, 15) is 4.79 Å². The van der Waals surface area contributed by atoms with Crippen LogP contribution in [0.15, 0.2) is 60.7 Å². The molecule has 0 bridgehead atoms. The number of hydrogen-bond donors (Lipinski definition) is 0. The number of pyridine rings is 1. The highest BCUT2D eigenvalue weighted by atomic mass is 16.2. The number of aryl methyl sites for hydroxylation is 1. The van der Waals surface area contributed by atoms with Gasteiger partial charge < -0.3 is 4.90 Å². The second kappa shape index (κ2) is 8.13. The fourth-order valence-corrected chi connectivity index (χ4v) is 3.15. The average molecular weight is 346 g/mol. The number of benzene rings is 2. The molecule has 0 saturated carbocycles. The molecule has 3 aromatic rings. The van der Waals surface area contributed by atoms with E-state index in [1.807, 2.05) is 48.3 Å². The van der Waals surface area contributed by atoms with Crippen molar-refractivity contribution in [1.82, 2.24) is 9.88 Å². The predicted molar refractivity (Wildman–Crippen MR) is 108 cm³/mol. The molecule has 134 valence electrons. The molecule has 1 amide bonds. The predicted octanol–water partition coefficient (Wildman–Crippen LogP) is 5.09. The fourth-order valence-electron chi connectivity index (χ4n) is 3.15. The van der Waals surface area contributed by atoms with Crippen molar-refractivity contribution in [1.29, 1.82) is 0 Å². The summed E-state index contributed by atoms with van der Waals surface area (Å²) in [6.45, 7) is 4.20. The first-order chi connectivity index (χ1) is 12.6. The number of nitrogens with zero attached hydrogens (tertiary/aromatic N) is 2. The van der Waals surface area contributed by atoms with Crippen LogP contribution in [0.1, 0.15) is 32.3 Å². The van der Waals surface area contributed by atoms with Crippen LogP contribution in [0, 0.1) is 0 Å². The van der Waals surface area contributed by atoms with E-state index in [1.165, 1.54) is 5.56 Å². The first-order valence-electron chi connectivity index (χ1n) is 9.30. The molecule has 2 aromatic carbocycles. The minimum absolute atomic E-state index is 0.196. The number of fused-ring (bicyclic) bond motifs is 1. The van der Waals surface area contributed by atoms with Gasteiger partial charge in [-0.3, -0.25) is 4.79 Å². The molecule has 0 aliphatic carbocycles. The molecule has 1 unspecified atom stereocenters. The standard InChI is InChI=1S/C23H26N2O/c1-4-17(2)25(3)23(26)15-14-19-16-22(18-10-6-5-7-11-18)24-21-13-9-8-12-20(19)21/h5-13,16-17H,4,14-15H2,1-3H3. The monoisotopic (exact) mass is 346 g/mol. The highest BCUT2D eigenvalue weighted by molar-refractivity contribution is 5.86. The van der Waals surface area contributed by atoms with Crippen molar-refractivity contribution in [3.63, 3.8) is 0 Å². The summed E-state index contributed by atoms with van der Waals surface area (Å²) < 4.78 is 0. The van der Waals surface area contributed by atoms with Crippen molar-refractivity contribution in [2.45, 2.75) is 39.2 Å². The highest BCUT2D eigenvalue weighted by Crippen LogP contribution is 2.25. The van der Waals surface area contributed by atoms with Gasteiger partial charge in [0.2, 0.25) is 5.91 Å². The summed E-state index contributed by atoms with van der Waals surface area (Å²) in [6, 6.07) is 20.8. The Balaban J connectivity index is 1.91. The molecule has 0 spiro atoms. The maximum absolute atomic E-state index is 12.5. The summed E-state index contributed by atoms with van der Waals surface area (Å²) in [5.41, 5.74) is 4.22. The van der Waals surface area contributed by atoms with Crippen LogP contribution in [0.5, 0.6) is 0 Å². The maximum atomic E-state index is 12.5. The van der Waals surface area contributed by atoms with Gasteiger partial charge in [0.15, 0.2) is 0 Å². The van der Waals surface area contributed by atoms with Gasteiger partial charge in [-0.15, -0.1) is 0 Å². The second-order valence-electron chi connectivity index (χ2n) is 6.81. The van der Waals surface area contributed by atoms with Crippen LogP contribution in [-0.2, 0) is 11.2 Å². The molecule has 0 aliphatic rings. The smallest absolute Gasteiger partial charge is 0.222 e. The molecule has 3 nitrogen and oxygen atoms in total. The van der Waals surface area contributed by atoms with E-state index in [0.29, 0.717) is 6.42 Å². The normalized spacial score (nSPS) is 12.1. The summed E-state index contributed by atoms with van der Waals surface area (Å²) in [4.78, 5) is 19.2. The third-order valence-corrected chi connectivity index (χ3v) is 5.12. The van der Waals surface area contributed by atoms with Gasteiger partial charge in [0.25, 0.3) is 0 Å². The van der Waals surface area contributed by atoms with Gasteiger partial charge in [0, 0.05) is 30.5 Å². The Hall–Kier alpha value is -2.68. The first-order valence-corrected chi connectivity index (χ1v) is 9.30. The number of carbonyl (C=O) groups excluding carboxylic acids is 1. The quantitative estimate of drug-likeness (QED) is 0.623. The van der Waals surface area contributed by atoms with E-state index in [-0.39, 0.29) is 11.9 Å². The lowest BCUT2D eigenvalue weighted by Gasteiger charge is -2.24. The number of amides is 1. The van der Waals surface area contributed by atoms with E-state index < -0.39 is 0 Å². The Labute approximate surface area is 155 Å². The van der Waals surface area contributed by atoms with E-state index in [1.54, 1.807) is 0 Å². The minimum Gasteiger partial charge on any atom is -0.343 e. The highest BCUT2D eigenvalue weighted by Gasteiger charge is 2.15. The van der Waals surface area contributed by atoms with Crippen molar-refractivity contribution in [3.8, 4) is 11.3 Å². The molecule has 0 fully saturated rings. The van der Waals surface area contributed by atoms with Gasteiger partial charge in [-0.05, 0) is 37.5 Å². The average Bonchev–Trinajstić information content (AvgIpc) is 2.70. The molecule has 0 saturated heterocycles. The van der Waals surface area contributed by atoms with Crippen molar-refractivity contribution < 1.29 is 4.79 Å². The zero-order chi connectivity index (χ0) is 18.5. The summed E-state index contributed by atoms with van der Waals surface area (Å²) in [5.74, 6) is 0.196. The molecular weight excluding hydrogens is 320 g/mol. The SMILES string of the molecule is CCC(C)N(C)C(=O)CCc1cc(-c2ccccc2)nc2ccccc12. The van der Waals surface area contributed by atoms with E-state index in [0.717, 1.165) is 35.0 Å². The molecule has 1 aromatic heterocycles. The minimum atomic E-state index is 0.196. The summed E-state index contributed by atoms with van der Waals surface area (Å²) in [6.07, 6.45) is 2.21. The summed E-state index contributed by atoms with van der Waals surface area (Å²) in [7, 11) is 1.90. The Morgan fingerprint density at radius 2 is 1.77 bits per heavy atom. The van der Waals surface area contributed by atoms with Crippen molar-refractivity contribution >= 4 is 16.8 Å². The van der Waals surface area contributed by atoms with Crippen molar-refractivity contribution in [2.75, 3.05) is 7.05 Å². The van der Waals surface area contributed by atoms with Crippen LogP contribution in [0.3, 0.4) is 0 Å². The van der Waals surface area contributed by atoms with E-state index >= 15 is 0 Å². The third-order valence-electron chi connectivity index (χ3n) is 5.12. The van der Waals surface area contributed by atoms with Gasteiger partial charge in [-0.1, -0.05) is 55.5 Å². The van der Waals surface area contributed by atoms with E-state index in [2.05, 4.69) is 38.1 Å². The molecule has 26 heavy (non-hydrogen) atoms. The molecule has 0 N–H and O–H groups in total. The lowest BCUT2D eigenvalue weighted by Crippen LogP contribution is -2.34. The fraction of sp³-hybridized carbons (Fsp3) is 0.304. The van der Waals surface area contributed by atoms with Crippen LogP contribution in [0.25, 0.3) is 22.2 Å². The Bertz CT molecular complexity index is 889. The zero-order valence-electron chi connectivity index (χ0n) is 15.8. The Kier molecular flexibility index (Phi) is 5.67. The molecule has 1 heterocycles. The Morgan fingerprint density at radius 1 is 1.08 bits per heavy atom. The zero-order valence-corrected chi connectivity index (χ0v) is 15.8. The molecule has 1 atom stereocenters. The number of para-hydroxylation sites is 1. The van der Waals surface area contributed by atoms with Crippen molar-refractivity contribution in [3.05, 3.63) is 66.2 Å². The largest absolute Gasteiger partial charge is 0.343 e. The van der Waals surface area contributed by atoms with Crippen molar-refractivity contribution in [2.24, 2.45) is 0 Å². The number of rotatable bonds is 6. The van der Waals surface area contributed by atoms with Crippen LogP contribution < -0.4 is 0 Å². The topological polar surface area (TPSA) is 33.2 Å². The van der Waals surface area contributed by atoms with Gasteiger partial charge >= 0.3 is 0 Å². The number of aromatic nitrogens is 1. The van der Waals surface area contributed by atoms with Crippen LogP contribution in [0.4, 0.5) is 0 Å². The second-order valence-corrected chi connectivity index (χ2v) is 6.81. The number of carbonyl (C=O) groups is 1. The molecule has 0 aliphatic heterocycles. The summed E-state index contributed by atoms with van der Waals surface area (Å²) >= 11 is 0. The Morgan fingerprint density at radius 3 is 2.50 bits per heavy atom. The summed E-state index contributed by atoms with van der Waals surface area (Å²) in [5, 5.41) is 1.13. The molecule has 3 rings (SSSR count). The van der Waals surface area contributed by atoms with Gasteiger partial charge in [0.1, 0.15) is 0 Å². The first kappa shape index (κ1) is 18.1. The van der Waals surface area contributed by atoms with E-state index in [4.69, 9.17) is 4.98 Å². The molecular formula is C23H26N2O.